The molecule has 106 valence electrons. The van der Waals surface area contributed by atoms with Gasteiger partial charge in [0.25, 0.3) is 0 Å². The lowest BCUT2D eigenvalue weighted by molar-refractivity contribution is 0.194. The monoisotopic (exact) mass is 282 g/mol. The summed E-state index contributed by atoms with van der Waals surface area (Å²) in [5, 5.41) is 11.7. The van der Waals surface area contributed by atoms with Crippen molar-refractivity contribution < 1.29 is 14.2 Å². The average Bonchev–Trinajstić information content (AvgIpc) is 2.49. The third-order valence-electron chi connectivity index (χ3n) is 3.41. The molecule has 0 heterocycles. The molecule has 0 bridgehead atoms. The highest BCUT2D eigenvalue weighted by molar-refractivity contribution is 5.88. The summed E-state index contributed by atoms with van der Waals surface area (Å²) in [6.07, 6.45) is -0.800. The summed E-state index contributed by atoms with van der Waals surface area (Å²) in [5.74, 6) is 0.158. The second-order valence-electron chi connectivity index (χ2n) is 4.91. The highest BCUT2D eigenvalue weighted by Gasteiger charge is 2.15. The molecule has 0 aliphatic heterocycles. The summed E-state index contributed by atoms with van der Waals surface area (Å²) in [4.78, 5) is 0. The molecule has 0 saturated heterocycles. The van der Waals surface area contributed by atoms with Gasteiger partial charge in [0.05, 0.1) is 6.10 Å². The van der Waals surface area contributed by atoms with E-state index in [4.69, 9.17) is 4.74 Å². The van der Waals surface area contributed by atoms with E-state index in [0.29, 0.717) is 11.3 Å². The van der Waals surface area contributed by atoms with Crippen molar-refractivity contribution in [1.29, 1.82) is 0 Å². The first kappa shape index (κ1) is 13.6. The largest absolute Gasteiger partial charge is 0.453 e. The highest BCUT2D eigenvalue weighted by Crippen LogP contribution is 2.35. The highest BCUT2D eigenvalue weighted by atomic mass is 19.1. The van der Waals surface area contributed by atoms with Gasteiger partial charge in [-0.1, -0.05) is 48.5 Å². The number of rotatable bonds is 3. The van der Waals surface area contributed by atoms with Crippen molar-refractivity contribution >= 4 is 10.8 Å². The number of aliphatic hydroxyl groups is 1. The van der Waals surface area contributed by atoms with Gasteiger partial charge in [-0.25, -0.2) is 4.39 Å². The molecule has 0 radical (unpaired) electrons. The number of benzene rings is 3. The predicted molar refractivity (Wildman–Crippen MR) is 81.1 cm³/mol. The van der Waals surface area contributed by atoms with Gasteiger partial charge in [-0.05, 0) is 24.4 Å². The molecule has 3 rings (SSSR count). The van der Waals surface area contributed by atoms with Gasteiger partial charge in [-0.3, -0.25) is 0 Å². The Kier molecular flexibility index (Phi) is 3.59. The van der Waals surface area contributed by atoms with Crippen molar-refractivity contribution in [3.8, 4) is 11.5 Å². The van der Waals surface area contributed by atoms with Crippen molar-refractivity contribution in [3.63, 3.8) is 0 Å². The Balaban J connectivity index is 2.11. The van der Waals surface area contributed by atoms with Crippen molar-refractivity contribution in [2.24, 2.45) is 0 Å². The number of ether oxygens (including phenoxy) is 1. The van der Waals surface area contributed by atoms with Gasteiger partial charge in [-0.15, -0.1) is 0 Å². The standard InChI is InChI=1S/C18H15FO2/c1-12(20)14-9-5-10-16(19)18(14)21-17-11-4-7-13-6-2-3-8-15(13)17/h2-12,20H,1H3/t12-/m0/s1. The Labute approximate surface area is 122 Å². The maximum Gasteiger partial charge on any atom is 0.168 e. The number of halogens is 1. The third-order valence-corrected chi connectivity index (χ3v) is 3.41. The molecular formula is C18H15FO2. The summed E-state index contributed by atoms with van der Waals surface area (Å²) in [6, 6.07) is 17.9. The van der Waals surface area contributed by atoms with Crippen LogP contribution in [0.1, 0.15) is 18.6 Å². The molecule has 0 fully saturated rings. The molecule has 0 unspecified atom stereocenters. The zero-order valence-electron chi connectivity index (χ0n) is 11.6. The van der Waals surface area contributed by atoms with Crippen molar-refractivity contribution in [1.82, 2.24) is 0 Å². The van der Waals surface area contributed by atoms with Crippen LogP contribution in [0, 0.1) is 5.82 Å². The topological polar surface area (TPSA) is 29.5 Å². The molecule has 0 aliphatic carbocycles. The molecule has 3 aromatic carbocycles. The second kappa shape index (κ2) is 5.54. The Morgan fingerprint density at radius 1 is 0.952 bits per heavy atom. The van der Waals surface area contributed by atoms with Gasteiger partial charge >= 0.3 is 0 Å². The maximum atomic E-state index is 14.1. The molecule has 0 aliphatic rings. The fraction of sp³-hybridized carbons (Fsp3) is 0.111. The van der Waals surface area contributed by atoms with Crippen LogP contribution >= 0.6 is 0 Å². The Morgan fingerprint density at radius 3 is 2.48 bits per heavy atom. The molecule has 0 spiro atoms. The summed E-state index contributed by atoms with van der Waals surface area (Å²) in [7, 11) is 0. The van der Waals surface area contributed by atoms with Gasteiger partial charge in [0.1, 0.15) is 5.75 Å². The average molecular weight is 282 g/mol. The van der Waals surface area contributed by atoms with E-state index in [0.717, 1.165) is 10.8 Å². The SMILES string of the molecule is C[C@H](O)c1cccc(F)c1Oc1cccc2ccccc12. The van der Waals surface area contributed by atoms with E-state index in [1.54, 1.807) is 25.1 Å². The molecule has 21 heavy (non-hydrogen) atoms. The molecule has 1 N–H and O–H groups in total. The summed E-state index contributed by atoms with van der Waals surface area (Å²) in [6.45, 7) is 1.59. The minimum absolute atomic E-state index is 0.0730. The van der Waals surface area contributed by atoms with Crippen molar-refractivity contribution in [2.45, 2.75) is 13.0 Å². The van der Waals surface area contributed by atoms with Crippen LogP contribution < -0.4 is 4.74 Å². The van der Waals surface area contributed by atoms with Crippen LogP contribution in [0.4, 0.5) is 4.39 Å². The van der Waals surface area contributed by atoms with E-state index in [1.165, 1.54) is 6.07 Å². The maximum absolute atomic E-state index is 14.1. The van der Waals surface area contributed by atoms with E-state index in [-0.39, 0.29) is 5.75 Å². The van der Waals surface area contributed by atoms with Crippen LogP contribution in [0.3, 0.4) is 0 Å². The second-order valence-corrected chi connectivity index (χ2v) is 4.91. The molecule has 0 aromatic heterocycles. The van der Waals surface area contributed by atoms with E-state index < -0.39 is 11.9 Å². The molecule has 3 aromatic rings. The molecule has 0 saturated carbocycles. The van der Waals surface area contributed by atoms with Gasteiger partial charge < -0.3 is 9.84 Å². The van der Waals surface area contributed by atoms with Crippen LogP contribution in [-0.4, -0.2) is 5.11 Å². The predicted octanol–water partition coefficient (Wildman–Crippen LogP) is 4.82. The van der Waals surface area contributed by atoms with Crippen molar-refractivity contribution in [2.75, 3.05) is 0 Å². The fourth-order valence-corrected chi connectivity index (χ4v) is 2.36. The summed E-state index contributed by atoms with van der Waals surface area (Å²) in [5.41, 5.74) is 0.433. The lowest BCUT2D eigenvalue weighted by atomic mass is 10.1. The molecular weight excluding hydrogens is 267 g/mol. The first-order chi connectivity index (χ1) is 10.2. The Bertz CT molecular complexity index is 776. The summed E-state index contributed by atoms with van der Waals surface area (Å²) < 4.78 is 19.8. The lowest BCUT2D eigenvalue weighted by Gasteiger charge is -2.15. The number of fused-ring (bicyclic) bond motifs is 1. The molecule has 3 heteroatoms. The number of aliphatic hydroxyl groups excluding tert-OH is 1. The van der Waals surface area contributed by atoms with Crippen molar-refractivity contribution in [3.05, 3.63) is 72.0 Å². The number of para-hydroxylation sites is 1. The van der Waals surface area contributed by atoms with Gasteiger partial charge in [-0.2, -0.15) is 0 Å². The van der Waals surface area contributed by atoms with Gasteiger partial charge in [0, 0.05) is 10.9 Å². The summed E-state index contributed by atoms with van der Waals surface area (Å²) >= 11 is 0. The van der Waals surface area contributed by atoms with Gasteiger partial charge in [0.2, 0.25) is 0 Å². The Hall–Kier alpha value is -2.39. The first-order valence-corrected chi connectivity index (χ1v) is 6.79. The van der Waals surface area contributed by atoms with Crippen LogP contribution in [0.5, 0.6) is 11.5 Å². The normalized spacial score (nSPS) is 12.3. The smallest absolute Gasteiger partial charge is 0.168 e. The minimum Gasteiger partial charge on any atom is -0.453 e. The van der Waals surface area contributed by atoms with Crippen LogP contribution in [0.2, 0.25) is 0 Å². The first-order valence-electron chi connectivity index (χ1n) is 6.79. The molecule has 2 nitrogen and oxygen atoms in total. The zero-order valence-corrected chi connectivity index (χ0v) is 11.6. The third kappa shape index (κ3) is 2.60. The Morgan fingerprint density at radius 2 is 1.67 bits per heavy atom. The minimum atomic E-state index is -0.800. The van der Waals surface area contributed by atoms with Crippen LogP contribution in [0.25, 0.3) is 10.8 Å². The zero-order chi connectivity index (χ0) is 14.8. The van der Waals surface area contributed by atoms with E-state index >= 15 is 0 Å². The fourth-order valence-electron chi connectivity index (χ4n) is 2.36. The van der Waals surface area contributed by atoms with Gasteiger partial charge in [0.15, 0.2) is 11.6 Å². The van der Waals surface area contributed by atoms with Crippen LogP contribution in [0.15, 0.2) is 60.7 Å². The number of hydrogen-bond donors (Lipinski definition) is 1. The molecule has 1 atom stereocenters. The number of hydrogen-bond acceptors (Lipinski definition) is 2. The van der Waals surface area contributed by atoms with E-state index in [1.807, 2.05) is 36.4 Å². The van der Waals surface area contributed by atoms with E-state index in [2.05, 4.69) is 0 Å². The lowest BCUT2D eigenvalue weighted by Crippen LogP contribution is -1.99. The van der Waals surface area contributed by atoms with Crippen LogP contribution in [-0.2, 0) is 0 Å². The quantitative estimate of drug-likeness (QED) is 0.746. The molecule has 0 amide bonds. The van der Waals surface area contributed by atoms with E-state index in [9.17, 15) is 9.50 Å².